The van der Waals surface area contributed by atoms with Crippen LogP contribution in [-0.4, -0.2) is 34.0 Å². The predicted molar refractivity (Wildman–Crippen MR) is 86.3 cm³/mol. The number of aryl methyl sites for hydroxylation is 1. The van der Waals surface area contributed by atoms with Crippen LogP contribution >= 0.6 is 0 Å². The fourth-order valence-corrected chi connectivity index (χ4v) is 4.08. The number of nitrogens with one attached hydrogen (secondary N) is 1. The van der Waals surface area contributed by atoms with Crippen LogP contribution < -0.4 is 5.32 Å². The summed E-state index contributed by atoms with van der Waals surface area (Å²) in [5.74, 6) is 2.87. The van der Waals surface area contributed by atoms with E-state index in [1.165, 1.54) is 45.1 Å². The van der Waals surface area contributed by atoms with Gasteiger partial charge < -0.3 is 5.32 Å². The third-order valence-electron chi connectivity index (χ3n) is 4.96. The molecule has 1 aromatic rings. The lowest BCUT2D eigenvalue weighted by Gasteiger charge is -2.28. The normalized spacial score (nSPS) is 23.8. The second kappa shape index (κ2) is 6.73. The van der Waals surface area contributed by atoms with Crippen molar-refractivity contribution in [3.8, 4) is 0 Å². The minimum Gasteiger partial charge on any atom is -0.370 e. The molecule has 0 radical (unpaired) electrons. The van der Waals surface area contributed by atoms with Crippen LogP contribution in [-0.2, 0) is 6.54 Å². The molecule has 4 heteroatoms. The molecule has 116 valence electrons. The first kappa shape index (κ1) is 14.8. The van der Waals surface area contributed by atoms with E-state index in [-0.39, 0.29) is 0 Å². The summed E-state index contributed by atoms with van der Waals surface area (Å²) >= 11 is 0. The van der Waals surface area contributed by atoms with Gasteiger partial charge in [-0.3, -0.25) is 4.90 Å². The van der Waals surface area contributed by atoms with Crippen molar-refractivity contribution in [1.29, 1.82) is 0 Å². The molecule has 1 unspecified atom stereocenters. The van der Waals surface area contributed by atoms with Gasteiger partial charge in [-0.05, 0) is 52.0 Å². The van der Waals surface area contributed by atoms with Gasteiger partial charge in [0.25, 0.3) is 0 Å². The number of aromatic nitrogens is 2. The minimum atomic E-state index is 0.777. The summed E-state index contributed by atoms with van der Waals surface area (Å²) in [6.45, 7) is 7.21. The first-order valence-corrected chi connectivity index (χ1v) is 8.58. The molecule has 2 aliphatic rings. The molecule has 4 nitrogen and oxygen atoms in total. The SMILES string of the molecule is CCNc1cc(C)nc(CN2CCCC2C2CCCC2)n1. The molecule has 1 aliphatic heterocycles. The highest BCUT2D eigenvalue weighted by Gasteiger charge is 2.33. The Kier molecular flexibility index (Phi) is 4.73. The van der Waals surface area contributed by atoms with Crippen molar-refractivity contribution < 1.29 is 0 Å². The maximum Gasteiger partial charge on any atom is 0.144 e. The predicted octanol–water partition coefficient (Wildman–Crippen LogP) is 3.37. The summed E-state index contributed by atoms with van der Waals surface area (Å²) in [5.41, 5.74) is 1.06. The fourth-order valence-electron chi connectivity index (χ4n) is 4.08. The Labute approximate surface area is 128 Å². The first-order valence-electron chi connectivity index (χ1n) is 8.58. The van der Waals surface area contributed by atoms with Gasteiger partial charge in [0, 0.05) is 24.3 Å². The summed E-state index contributed by atoms with van der Waals surface area (Å²) in [7, 11) is 0. The van der Waals surface area contributed by atoms with E-state index in [9.17, 15) is 0 Å². The summed E-state index contributed by atoms with van der Waals surface area (Å²) in [4.78, 5) is 12.0. The van der Waals surface area contributed by atoms with Gasteiger partial charge in [0.15, 0.2) is 0 Å². The molecule has 1 N–H and O–H groups in total. The van der Waals surface area contributed by atoms with Gasteiger partial charge in [-0.2, -0.15) is 0 Å². The molecule has 2 fully saturated rings. The molecular weight excluding hydrogens is 260 g/mol. The molecule has 1 aromatic heterocycles. The monoisotopic (exact) mass is 288 g/mol. The average molecular weight is 288 g/mol. The van der Waals surface area contributed by atoms with Gasteiger partial charge in [0.2, 0.25) is 0 Å². The van der Waals surface area contributed by atoms with Crippen LogP contribution in [0, 0.1) is 12.8 Å². The van der Waals surface area contributed by atoms with E-state index < -0.39 is 0 Å². The number of rotatable bonds is 5. The van der Waals surface area contributed by atoms with Crippen LogP contribution in [0.4, 0.5) is 5.82 Å². The lowest BCUT2D eigenvalue weighted by Crippen LogP contribution is -2.34. The largest absolute Gasteiger partial charge is 0.370 e. The summed E-state index contributed by atoms with van der Waals surface area (Å²) in [6, 6.07) is 2.81. The van der Waals surface area contributed by atoms with Crippen molar-refractivity contribution >= 4 is 5.82 Å². The van der Waals surface area contributed by atoms with Gasteiger partial charge in [-0.1, -0.05) is 12.8 Å². The second-order valence-electron chi connectivity index (χ2n) is 6.57. The molecule has 1 saturated carbocycles. The fraction of sp³-hybridized carbons (Fsp3) is 0.765. The Morgan fingerprint density at radius 2 is 2.00 bits per heavy atom. The Balaban J connectivity index is 1.69. The maximum absolute atomic E-state index is 4.68. The third-order valence-corrected chi connectivity index (χ3v) is 4.96. The van der Waals surface area contributed by atoms with E-state index in [0.717, 1.165) is 42.4 Å². The number of hydrogen-bond donors (Lipinski definition) is 1. The molecule has 1 aliphatic carbocycles. The minimum absolute atomic E-state index is 0.777. The Morgan fingerprint density at radius 1 is 1.19 bits per heavy atom. The molecule has 0 spiro atoms. The van der Waals surface area contributed by atoms with Crippen molar-refractivity contribution in [3.05, 3.63) is 17.6 Å². The van der Waals surface area contributed by atoms with Crippen LogP contribution in [0.5, 0.6) is 0 Å². The van der Waals surface area contributed by atoms with Crippen LogP contribution in [0.1, 0.15) is 57.0 Å². The van der Waals surface area contributed by atoms with E-state index in [1.54, 1.807) is 0 Å². The first-order chi connectivity index (χ1) is 10.3. The molecule has 21 heavy (non-hydrogen) atoms. The topological polar surface area (TPSA) is 41.1 Å². The van der Waals surface area contributed by atoms with E-state index >= 15 is 0 Å². The lowest BCUT2D eigenvalue weighted by atomic mass is 9.96. The van der Waals surface area contributed by atoms with Crippen LogP contribution in [0.15, 0.2) is 6.07 Å². The van der Waals surface area contributed by atoms with Gasteiger partial charge >= 0.3 is 0 Å². The van der Waals surface area contributed by atoms with Crippen LogP contribution in [0.3, 0.4) is 0 Å². The molecule has 0 bridgehead atoms. The summed E-state index contributed by atoms with van der Waals surface area (Å²) in [6.07, 6.45) is 8.43. The van der Waals surface area contributed by atoms with Crippen LogP contribution in [0.25, 0.3) is 0 Å². The summed E-state index contributed by atoms with van der Waals surface area (Å²) in [5, 5.41) is 3.31. The maximum atomic E-state index is 4.68. The molecule has 3 rings (SSSR count). The van der Waals surface area contributed by atoms with Gasteiger partial charge in [-0.15, -0.1) is 0 Å². The molecule has 2 heterocycles. The Bertz CT molecular complexity index is 468. The highest BCUT2D eigenvalue weighted by Crippen LogP contribution is 2.35. The van der Waals surface area contributed by atoms with Gasteiger partial charge in [-0.25, -0.2) is 9.97 Å². The smallest absolute Gasteiger partial charge is 0.144 e. The molecule has 0 amide bonds. The van der Waals surface area contributed by atoms with E-state index in [0.29, 0.717) is 0 Å². The van der Waals surface area contributed by atoms with Crippen molar-refractivity contribution in [2.45, 2.75) is 65.0 Å². The van der Waals surface area contributed by atoms with Crippen molar-refractivity contribution in [2.75, 3.05) is 18.4 Å². The van der Waals surface area contributed by atoms with E-state index in [4.69, 9.17) is 0 Å². The molecule has 1 atom stereocenters. The standard InChI is InChI=1S/C17H28N4/c1-3-18-16-11-13(2)19-17(20-16)12-21-10-6-9-15(21)14-7-4-5-8-14/h11,14-15H,3-10,12H2,1-2H3,(H,18,19,20). The van der Waals surface area contributed by atoms with Crippen molar-refractivity contribution in [2.24, 2.45) is 5.92 Å². The third kappa shape index (κ3) is 3.54. The lowest BCUT2D eigenvalue weighted by molar-refractivity contribution is 0.179. The van der Waals surface area contributed by atoms with Crippen molar-refractivity contribution in [3.63, 3.8) is 0 Å². The molecule has 1 saturated heterocycles. The zero-order valence-corrected chi connectivity index (χ0v) is 13.4. The van der Waals surface area contributed by atoms with Gasteiger partial charge in [0.1, 0.15) is 11.6 Å². The Hall–Kier alpha value is -1.16. The van der Waals surface area contributed by atoms with E-state index in [2.05, 4.69) is 34.0 Å². The van der Waals surface area contributed by atoms with E-state index in [1.807, 2.05) is 6.07 Å². The number of hydrogen-bond acceptors (Lipinski definition) is 4. The quantitative estimate of drug-likeness (QED) is 0.902. The zero-order valence-electron chi connectivity index (χ0n) is 13.4. The highest BCUT2D eigenvalue weighted by atomic mass is 15.2. The summed E-state index contributed by atoms with van der Waals surface area (Å²) < 4.78 is 0. The molecule has 0 aromatic carbocycles. The number of likely N-dealkylation sites (tertiary alicyclic amines) is 1. The second-order valence-corrected chi connectivity index (χ2v) is 6.57. The van der Waals surface area contributed by atoms with Crippen LogP contribution in [0.2, 0.25) is 0 Å². The zero-order chi connectivity index (χ0) is 14.7. The number of anilines is 1. The number of nitrogens with zero attached hydrogens (tertiary/aromatic N) is 3. The Morgan fingerprint density at radius 3 is 2.76 bits per heavy atom. The highest BCUT2D eigenvalue weighted by molar-refractivity contribution is 5.35. The molecular formula is C17H28N4. The van der Waals surface area contributed by atoms with Crippen molar-refractivity contribution in [1.82, 2.24) is 14.9 Å². The average Bonchev–Trinajstić information content (AvgIpc) is 3.08. The van der Waals surface area contributed by atoms with Gasteiger partial charge in [0.05, 0.1) is 6.54 Å².